The molecule has 1 aromatic heterocycles. The highest BCUT2D eigenvalue weighted by Crippen LogP contribution is 2.21. The number of hydrogen-bond acceptors (Lipinski definition) is 5. The number of nitrogens with zero attached hydrogens (tertiary/aromatic N) is 1. The van der Waals surface area contributed by atoms with E-state index in [0.29, 0.717) is 5.01 Å². The van der Waals surface area contributed by atoms with Gasteiger partial charge in [0.2, 0.25) is 0 Å². The lowest BCUT2D eigenvalue weighted by Crippen LogP contribution is -2.22. The summed E-state index contributed by atoms with van der Waals surface area (Å²) in [5.74, 6) is -0.142. The zero-order chi connectivity index (χ0) is 9.84. The second kappa shape index (κ2) is 4.45. The summed E-state index contributed by atoms with van der Waals surface area (Å²) in [6.45, 7) is 1.86. The number of hydrogen-bond donors (Lipinski definition) is 1. The number of carbonyl (C=O) groups is 1. The monoisotopic (exact) mass is 200 g/mol. The average molecular weight is 200 g/mol. The molecule has 0 radical (unpaired) electrons. The van der Waals surface area contributed by atoms with E-state index in [4.69, 9.17) is 10.5 Å². The largest absolute Gasteiger partial charge is 0.366 e. The van der Waals surface area contributed by atoms with Crippen molar-refractivity contribution in [3.63, 3.8) is 0 Å². The van der Waals surface area contributed by atoms with Gasteiger partial charge < -0.3 is 10.5 Å². The average Bonchev–Trinajstić information content (AvgIpc) is 2.53. The molecule has 0 aliphatic heterocycles. The molecule has 1 heterocycles. The Balaban J connectivity index is 2.84. The molecule has 2 N–H and O–H groups in total. The first-order chi connectivity index (χ1) is 6.19. The highest BCUT2D eigenvalue weighted by Gasteiger charge is 2.21. The van der Waals surface area contributed by atoms with Crippen LogP contribution < -0.4 is 5.73 Å². The lowest BCUT2D eigenvalue weighted by atomic mass is 10.2. The van der Waals surface area contributed by atoms with E-state index in [2.05, 4.69) is 4.98 Å². The van der Waals surface area contributed by atoms with Gasteiger partial charge in [-0.15, -0.1) is 11.3 Å². The van der Waals surface area contributed by atoms with E-state index in [1.165, 1.54) is 18.4 Å². The number of nitrogens with two attached hydrogens (primary N) is 1. The maximum atomic E-state index is 11.3. The topological polar surface area (TPSA) is 65.2 Å². The molecule has 1 aromatic rings. The highest BCUT2D eigenvalue weighted by molar-refractivity contribution is 7.09. The molecule has 0 aliphatic rings. The van der Waals surface area contributed by atoms with Crippen LogP contribution in [0.25, 0.3) is 0 Å². The van der Waals surface area contributed by atoms with Gasteiger partial charge in [-0.2, -0.15) is 0 Å². The predicted octanol–water partition coefficient (Wildman–Crippen LogP) is 0.667. The highest BCUT2D eigenvalue weighted by atomic mass is 32.1. The summed E-state index contributed by atoms with van der Waals surface area (Å²) in [5, 5.41) is 2.56. The molecule has 0 aliphatic carbocycles. The van der Waals surface area contributed by atoms with Gasteiger partial charge >= 0.3 is 0 Å². The summed E-state index contributed by atoms with van der Waals surface area (Å²) < 4.78 is 5.02. The standard InChI is InChI=1S/C8H12N2O2S/c1-5-4-13-8(10-5)7(12-2)6(11)3-9/h4,7H,3,9H2,1-2H3. The molecule has 0 bridgehead atoms. The van der Waals surface area contributed by atoms with Gasteiger partial charge in [0.15, 0.2) is 11.9 Å². The fourth-order valence-electron chi connectivity index (χ4n) is 0.970. The fourth-order valence-corrected chi connectivity index (χ4v) is 1.86. The van der Waals surface area contributed by atoms with Gasteiger partial charge in [-0.05, 0) is 6.92 Å². The predicted molar refractivity (Wildman–Crippen MR) is 50.7 cm³/mol. The number of thiazole rings is 1. The third-order valence-electron chi connectivity index (χ3n) is 1.59. The molecule has 0 spiro atoms. The molecular weight excluding hydrogens is 188 g/mol. The first kappa shape index (κ1) is 10.3. The maximum Gasteiger partial charge on any atom is 0.182 e. The van der Waals surface area contributed by atoms with Crippen LogP contribution in [0.15, 0.2) is 5.38 Å². The van der Waals surface area contributed by atoms with Crippen molar-refractivity contribution in [2.45, 2.75) is 13.0 Å². The molecule has 0 fully saturated rings. The van der Waals surface area contributed by atoms with Crippen molar-refractivity contribution >= 4 is 17.1 Å². The van der Waals surface area contributed by atoms with E-state index in [-0.39, 0.29) is 12.3 Å². The third kappa shape index (κ3) is 2.33. The molecule has 1 atom stereocenters. The Hall–Kier alpha value is -0.780. The number of aromatic nitrogens is 1. The Morgan fingerprint density at radius 3 is 2.92 bits per heavy atom. The van der Waals surface area contributed by atoms with E-state index in [0.717, 1.165) is 5.69 Å². The lowest BCUT2D eigenvalue weighted by Gasteiger charge is -2.08. The van der Waals surface area contributed by atoms with Gasteiger partial charge in [0.05, 0.1) is 6.54 Å². The van der Waals surface area contributed by atoms with Crippen molar-refractivity contribution in [2.75, 3.05) is 13.7 Å². The van der Waals surface area contributed by atoms with E-state index in [1.807, 2.05) is 12.3 Å². The third-order valence-corrected chi connectivity index (χ3v) is 2.60. The van der Waals surface area contributed by atoms with Gasteiger partial charge in [0.25, 0.3) is 0 Å². The van der Waals surface area contributed by atoms with Crippen LogP contribution >= 0.6 is 11.3 Å². The number of ketones is 1. The summed E-state index contributed by atoms with van der Waals surface area (Å²) in [7, 11) is 1.48. The van der Waals surface area contributed by atoms with Crippen LogP contribution in [0.2, 0.25) is 0 Å². The number of ether oxygens (including phenoxy) is 1. The molecule has 0 aromatic carbocycles. The van der Waals surface area contributed by atoms with Crippen LogP contribution in [0.3, 0.4) is 0 Å². The summed E-state index contributed by atoms with van der Waals surface area (Å²) in [4.78, 5) is 15.4. The zero-order valence-electron chi connectivity index (χ0n) is 7.61. The van der Waals surface area contributed by atoms with Crippen LogP contribution in [-0.4, -0.2) is 24.4 Å². The molecule has 1 rings (SSSR count). The minimum atomic E-state index is -0.594. The van der Waals surface area contributed by atoms with Crippen molar-refractivity contribution < 1.29 is 9.53 Å². The first-order valence-electron chi connectivity index (χ1n) is 3.86. The van der Waals surface area contributed by atoms with Crippen molar-refractivity contribution in [2.24, 2.45) is 5.73 Å². The van der Waals surface area contributed by atoms with Crippen molar-refractivity contribution in [1.29, 1.82) is 0 Å². The Bertz CT molecular complexity index is 298. The molecule has 4 nitrogen and oxygen atoms in total. The molecule has 5 heteroatoms. The molecule has 72 valence electrons. The summed E-state index contributed by atoms with van der Waals surface area (Å²) in [5.41, 5.74) is 6.14. The molecule has 0 saturated heterocycles. The minimum Gasteiger partial charge on any atom is -0.366 e. The summed E-state index contributed by atoms with van der Waals surface area (Å²) >= 11 is 1.41. The van der Waals surface area contributed by atoms with E-state index < -0.39 is 6.10 Å². The Morgan fingerprint density at radius 2 is 2.54 bits per heavy atom. The second-order valence-electron chi connectivity index (χ2n) is 2.61. The van der Waals surface area contributed by atoms with Crippen molar-refractivity contribution in [1.82, 2.24) is 4.98 Å². The van der Waals surface area contributed by atoms with E-state index >= 15 is 0 Å². The van der Waals surface area contributed by atoms with E-state index in [9.17, 15) is 4.79 Å². The van der Waals surface area contributed by atoms with Crippen LogP contribution in [0.4, 0.5) is 0 Å². The molecule has 13 heavy (non-hydrogen) atoms. The molecular formula is C8H12N2O2S. The zero-order valence-corrected chi connectivity index (χ0v) is 8.43. The van der Waals surface area contributed by atoms with Gasteiger partial charge in [-0.3, -0.25) is 4.79 Å². The maximum absolute atomic E-state index is 11.3. The van der Waals surface area contributed by atoms with Gasteiger partial charge in [-0.25, -0.2) is 4.98 Å². The smallest absolute Gasteiger partial charge is 0.182 e. The molecule has 1 unspecified atom stereocenters. The number of Topliss-reactive ketones (excluding diaryl/α,β-unsaturated/α-hetero) is 1. The van der Waals surface area contributed by atoms with Crippen molar-refractivity contribution in [3.8, 4) is 0 Å². The number of carbonyl (C=O) groups excluding carboxylic acids is 1. The Labute approximate surface area is 80.7 Å². The number of methoxy groups -OCH3 is 1. The Morgan fingerprint density at radius 1 is 1.85 bits per heavy atom. The van der Waals surface area contributed by atoms with Gasteiger partial charge in [-0.1, -0.05) is 0 Å². The van der Waals surface area contributed by atoms with Crippen molar-refractivity contribution in [3.05, 3.63) is 16.1 Å². The lowest BCUT2D eigenvalue weighted by molar-refractivity contribution is -0.127. The first-order valence-corrected chi connectivity index (χ1v) is 4.74. The SMILES string of the molecule is COC(C(=O)CN)c1nc(C)cs1. The quantitative estimate of drug-likeness (QED) is 0.775. The van der Waals surface area contributed by atoms with Crippen LogP contribution in [0, 0.1) is 6.92 Å². The number of aryl methyl sites for hydroxylation is 1. The van der Waals surface area contributed by atoms with Crippen LogP contribution in [0.1, 0.15) is 16.8 Å². The fraction of sp³-hybridized carbons (Fsp3) is 0.500. The summed E-state index contributed by atoms with van der Waals surface area (Å²) in [6, 6.07) is 0. The normalized spacial score (nSPS) is 12.8. The molecule has 0 saturated carbocycles. The Kier molecular flexibility index (Phi) is 3.53. The van der Waals surface area contributed by atoms with Crippen LogP contribution in [-0.2, 0) is 9.53 Å². The second-order valence-corrected chi connectivity index (χ2v) is 3.50. The minimum absolute atomic E-state index is 0.0167. The van der Waals surface area contributed by atoms with E-state index in [1.54, 1.807) is 0 Å². The summed E-state index contributed by atoms with van der Waals surface area (Å²) in [6.07, 6.45) is -0.594. The van der Waals surface area contributed by atoms with Gasteiger partial charge in [0.1, 0.15) is 5.01 Å². The van der Waals surface area contributed by atoms with Crippen LogP contribution in [0.5, 0.6) is 0 Å². The molecule has 0 amide bonds. The number of rotatable bonds is 4. The van der Waals surface area contributed by atoms with Gasteiger partial charge in [0, 0.05) is 18.2 Å².